The van der Waals surface area contributed by atoms with Gasteiger partial charge in [-0.05, 0) is 74.5 Å². The fourth-order valence-corrected chi connectivity index (χ4v) is 5.69. The van der Waals surface area contributed by atoms with E-state index in [-0.39, 0.29) is 11.4 Å². The van der Waals surface area contributed by atoms with Gasteiger partial charge < -0.3 is 0 Å². The molecular weight excluding hydrogens is 319 g/mol. The molecule has 22 heavy (non-hydrogen) atoms. The maximum atomic E-state index is 12.4. The van der Waals surface area contributed by atoms with Gasteiger partial charge in [0.2, 0.25) is 0 Å². The highest BCUT2D eigenvalue weighted by atomic mass is 35.5. The summed E-state index contributed by atoms with van der Waals surface area (Å²) in [7, 11) is 0. The van der Waals surface area contributed by atoms with Crippen molar-refractivity contribution in [3.8, 4) is 0 Å². The van der Waals surface area contributed by atoms with Crippen molar-refractivity contribution in [1.29, 1.82) is 0 Å². The maximum Gasteiger partial charge on any atom is 0.266 e. The molecule has 4 aliphatic carbocycles. The van der Waals surface area contributed by atoms with E-state index >= 15 is 0 Å². The van der Waals surface area contributed by atoms with Crippen molar-refractivity contribution in [2.24, 2.45) is 17.8 Å². The van der Waals surface area contributed by atoms with Crippen molar-refractivity contribution < 1.29 is 4.79 Å². The monoisotopic (exact) mass is 338 g/mol. The number of hydrogen-bond donors (Lipinski definition) is 2. The highest BCUT2D eigenvalue weighted by Gasteiger charge is 2.51. The van der Waals surface area contributed by atoms with Gasteiger partial charge >= 0.3 is 0 Å². The molecule has 0 aliphatic heterocycles. The first-order valence-corrected chi connectivity index (χ1v) is 8.81. The molecule has 1 amide bonds. The Morgan fingerprint density at radius 2 is 1.64 bits per heavy atom. The lowest BCUT2D eigenvalue weighted by Crippen LogP contribution is -2.62. The van der Waals surface area contributed by atoms with Crippen LogP contribution in [0.1, 0.15) is 48.9 Å². The van der Waals surface area contributed by atoms with E-state index < -0.39 is 0 Å². The standard InChI is InChI=1S/C17H20Cl2N2O/c18-13-1-2-14(15(19)6-13)16(22)20-21-17-7-10-3-11(8-17)5-12(4-10)9-17/h1-2,6,10-12,21H,3-5,7-9H2,(H,20,22). The van der Waals surface area contributed by atoms with Gasteiger partial charge in [-0.25, -0.2) is 5.43 Å². The molecule has 4 bridgehead atoms. The molecule has 118 valence electrons. The molecule has 5 heteroatoms. The minimum absolute atomic E-state index is 0.101. The van der Waals surface area contributed by atoms with Crippen molar-refractivity contribution in [2.75, 3.05) is 0 Å². The lowest BCUT2D eigenvalue weighted by molar-refractivity contribution is -0.0257. The molecule has 0 atom stereocenters. The molecule has 2 N–H and O–H groups in total. The first-order valence-electron chi connectivity index (χ1n) is 8.06. The summed E-state index contributed by atoms with van der Waals surface area (Å²) in [6.07, 6.45) is 7.72. The molecule has 4 saturated carbocycles. The average molecular weight is 339 g/mol. The van der Waals surface area contributed by atoms with Crippen LogP contribution in [0.4, 0.5) is 0 Å². The molecule has 3 nitrogen and oxygen atoms in total. The van der Waals surface area contributed by atoms with Crippen LogP contribution < -0.4 is 10.9 Å². The Kier molecular flexibility index (Phi) is 3.63. The van der Waals surface area contributed by atoms with E-state index in [1.807, 2.05) is 0 Å². The highest BCUT2D eigenvalue weighted by molar-refractivity contribution is 6.36. The molecule has 4 fully saturated rings. The second-order valence-corrected chi connectivity index (χ2v) is 8.24. The Morgan fingerprint density at radius 1 is 1.05 bits per heavy atom. The van der Waals surface area contributed by atoms with Crippen LogP contribution in [0.5, 0.6) is 0 Å². The summed E-state index contributed by atoms with van der Waals surface area (Å²) >= 11 is 12.0. The minimum Gasteiger partial charge on any atom is -0.287 e. The Bertz CT molecular complexity index is 581. The topological polar surface area (TPSA) is 41.1 Å². The van der Waals surface area contributed by atoms with E-state index in [4.69, 9.17) is 23.2 Å². The number of halogens is 2. The van der Waals surface area contributed by atoms with Gasteiger partial charge in [0, 0.05) is 10.6 Å². The van der Waals surface area contributed by atoms with Crippen molar-refractivity contribution in [3.63, 3.8) is 0 Å². The molecule has 0 aromatic heterocycles. The SMILES string of the molecule is O=C(NNC12CC3CC(CC(C3)C1)C2)c1ccc(Cl)cc1Cl. The maximum absolute atomic E-state index is 12.4. The van der Waals surface area contributed by atoms with E-state index in [2.05, 4.69) is 10.9 Å². The summed E-state index contributed by atoms with van der Waals surface area (Å²) in [4.78, 5) is 12.4. The van der Waals surface area contributed by atoms with Crippen LogP contribution in [-0.2, 0) is 0 Å². The number of carbonyl (C=O) groups is 1. The largest absolute Gasteiger partial charge is 0.287 e. The molecule has 1 aromatic rings. The minimum atomic E-state index is -0.183. The number of rotatable bonds is 3. The number of nitrogens with one attached hydrogen (secondary N) is 2. The third-order valence-corrected chi connectivity index (χ3v) is 6.20. The van der Waals surface area contributed by atoms with Gasteiger partial charge in [-0.15, -0.1) is 0 Å². The number of carbonyl (C=O) groups excluding carboxylic acids is 1. The Labute approximate surface area is 140 Å². The average Bonchev–Trinajstić information content (AvgIpc) is 2.43. The van der Waals surface area contributed by atoms with E-state index in [1.54, 1.807) is 18.2 Å². The van der Waals surface area contributed by atoms with Gasteiger partial charge in [-0.2, -0.15) is 0 Å². The molecular formula is C17H20Cl2N2O. The second-order valence-electron chi connectivity index (χ2n) is 7.40. The predicted molar refractivity (Wildman–Crippen MR) is 88.0 cm³/mol. The van der Waals surface area contributed by atoms with E-state index in [9.17, 15) is 4.79 Å². The summed E-state index contributed by atoms with van der Waals surface area (Å²) in [5.41, 5.74) is 6.84. The number of benzene rings is 1. The van der Waals surface area contributed by atoms with Crippen LogP contribution in [0, 0.1) is 17.8 Å². The van der Waals surface area contributed by atoms with Crippen LogP contribution in [0.2, 0.25) is 10.0 Å². The van der Waals surface area contributed by atoms with E-state index in [0.717, 1.165) is 17.8 Å². The zero-order chi connectivity index (χ0) is 15.3. The smallest absolute Gasteiger partial charge is 0.266 e. The zero-order valence-electron chi connectivity index (χ0n) is 12.4. The highest BCUT2D eigenvalue weighted by Crippen LogP contribution is 2.55. The molecule has 0 radical (unpaired) electrons. The lowest BCUT2D eigenvalue weighted by atomic mass is 9.53. The fourth-order valence-electron chi connectivity index (χ4n) is 5.19. The summed E-state index contributed by atoms with van der Waals surface area (Å²) in [5.74, 6) is 2.34. The van der Waals surface area contributed by atoms with Crippen LogP contribution in [0.25, 0.3) is 0 Å². The zero-order valence-corrected chi connectivity index (χ0v) is 13.9. The molecule has 5 rings (SSSR count). The quantitative estimate of drug-likeness (QED) is 0.811. The van der Waals surface area contributed by atoms with Crippen molar-refractivity contribution in [1.82, 2.24) is 10.9 Å². The third-order valence-electron chi connectivity index (χ3n) is 5.66. The lowest BCUT2D eigenvalue weighted by Gasteiger charge is -2.56. The number of hydrogen-bond acceptors (Lipinski definition) is 2. The van der Waals surface area contributed by atoms with Gasteiger partial charge in [-0.3, -0.25) is 10.2 Å². The van der Waals surface area contributed by atoms with E-state index in [0.29, 0.717) is 15.6 Å². The van der Waals surface area contributed by atoms with Crippen LogP contribution in [-0.4, -0.2) is 11.4 Å². The molecule has 4 aliphatic rings. The summed E-state index contributed by atoms with van der Waals surface area (Å²) in [5, 5.41) is 0.924. The van der Waals surface area contributed by atoms with Gasteiger partial charge in [-0.1, -0.05) is 23.2 Å². The first-order chi connectivity index (χ1) is 10.5. The summed E-state index contributed by atoms with van der Waals surface area (Å²) < 4.78 is 0. The van der Waals surface area contributed by atoms with Crippen LogP contribution >= 0.6 is 23.2 Å². The molecule has 0 spiro atoms. The molecule has 1 aromatic carbocycles. The number of hydrazine groups is 1. The molecule has 0 saturated heterocycles. The normalized spacial score (nSPS) is 35.6. The Morgan fingerprint density at radius 3 is 2.18 bits per heavy atom. The summed E-state index contributed by atoms with van der Waals surface area (Å²) in [6, 6.07) is 4.96. The molecule has 0 heterocycles. The van der Waals surface area contributed by atoms with Gasteiger partial charge in [0.15, 0.2) is 0 Å². The summed E-state index contributed by atoms with van der Waals surface area (Å²) in [6.45, 7) is 0. The first kappa shape index (κ1) is 14.8. The van der Waals surface area contributed by atoms with Crippen LogP contribution in [0.15, 0.2) is 18.2 Å². The van der Waals surface area contributed by atoms with Crippen molar-refractivity contribution in [3.05, 3.63) is 33.8 Å². The third kappa shape index (κ3) is 2.64. The fraction of sp³-hybridized carbons (Fsp3) is 0.588. The van der Waals surface area contributed by atoms with Gasteiger partial charge in [0.1, 0.15) is 0 Å². The van der Waals surface area contributed by atoms with Gasteiger partial charge in [0.25, 0.3) is 5.91 Å². The molecule has 0 unspecified atom stereocenters. The Balaban J connectivity index is 1.45. The predicted octanol–water partition coefficient (Wildman–Crippen LogP) is 4.20. The van der Waals surface area contributed by atoms with Crippen molar-refractivity contribution >= 4 is 29.1 Å². The Hall–Kier alpha value is -0.770. The second kappa shape index (κ2) is 5.40. The van der Waals surface area contributed by atoms with Crippen LogP contribution in [0.3, 0.4) is 0 Å². The van der Waals surface area contributed by atoms with Crippen molar-refractivity contribution in [2.45, 2.75) is 44.1 Å². The number of amides is 1. The van der Waals surface area contributed by atoms with Gasteiger partial charge in [0.05, 0.1) is 10.6 Å². The van der Waals surface area contributed by atoms with E-state index in [1.165, 1.54) is 38.5 Å².